The van der Waals surface area contributed by atoms with Crippen LogP contribution in [0.5, 0.6) is 0 Å². The Labute approximate surface area is 113 Å². The molecule has 0 unspecified atom stereocenters. The Kier molecular flexibility index (Phi) is 4.20. The summed E-state index contributed by atoms with van der Waals surface area (Å²) in [5.41, 5.74) is 1.95. The Morgan fingerprint density at radius 2 is 2.05 bits per heavy atom. The van der Waals surface area contributed by atoms with Gasteiger partial charge in [0, 0.05) is 25.1 Å². The second-order valence-electron chi connectivity index (χ2n) is 4.76. The summed E-state index contributed by atoms with van der Waals surface area (Å²) in [6, 6.07) is 7.35. The van der Waals surface area contributed by atoms with E-state index in [9.17, 15) is 9.59 Å². The molecule has 2 amide bonds. The molecule has 0 bridgehead atoms. The van der Waals surface area contributed by atoms with Gasteiger partial charge in [0.1, 0.15) is 6.04 Å². The van der Waals surface area contributed by atoms with Crippen molar-refractivity contribution < 1.29 is 9.59 Å². The van der Waals surface area contributed by atoms with Gasteiger partial charge in [-0.25, -0.2) is 0 Å². The Balaban J connectivity index is 2.25. The SMILES string of the molecule is CCCNC(=O)[C@@H]1Cc2ccccc2N1C(=O)CC. The molecule has 0 fully saturated rings. The largest absolute Gasteiger partial charge is 0.354 e. The number of para-hydroxylation sites is 1. The zero-order valence-corrected chi connectivity index (χ0v) is 11.5. The summed E-state index contributed by atoms with van der Waals surface area (Å²) in [7, 11) is 0. The number of carbonyl (C=O) groups is 2. The lowest BCUT2D eigenvalue weighted by Crippen LogP contribution is -2.48. The molecule has 0 radical (unpaired) electrons. The van der Waals surface area contributed by atoms with Crippen LogP contribution in [0, 0.1) is 0 Å². The van der Waals surface area contributed by atoms with E-state index >= 15 is 0 Å². The Bertz CT molecular complexity index is 485. The topological polar surface area (TPSA) is 49.4 Å². The molecule has 1 heterocycles. The van der Waals surface area contributed by atoms with Crippen LogP contribution in [-0.2, 0) is 16.0 Å². The lowest BCUT2D eigenvalue weighted by Gasteiger charge is -2.24. The van der Waals surface area contributed by atoms with Crippen molar-refractivity contribution in [2.45, 2.75) is 39.2 Å². The molecule has 0 saturated heterocycles. The number of benzene rings is 1. The Morgan fingerprint density at radius 1 is 1.32 bits per heavy atom. The molecule has 1 aliphatic rings. The molecule has 0 spiro atoms. The molecule has 1 N–H and O–H groups in total. The van der Waals surface area contributed by atoms with E-state index in [0.29, 0.717) is 19.4 Å². The molecule has 1 aromatic rings. The molecule has 19 heavy (non-hydrogen) atoms. The average Bonchev–Trinajstić information content (AvgIpc) is 2.83. The molecule has 1 aromatic carbocycles. The average molecular weight is 260 g/mol. The van der Waals surface area contributed by atoms with Crippen molar-refractivity contribution in [3.05, 3.63) is 29.8 Å². The monoisotopic (exact) mass is 260 g/mol. The fourth-order valence-electron chi connectivity index (χ4n) is 2.44. The standard InChI is InChI=1S/C15H20N2O2/c1-3-9-16-15(19)13-10-11-7-5-6-8-12(11)17(13)14(18)4-2/h5-8,13H,3-4,9-10H2,1-2H3,(H,16,19)/t13-/m0/s1. The quantitative estimate of drug-likeness (QED) is 0.898. The van der Waals surface area contributed by atoms with Crippen LogP contribution >= 0.6 is 0 Å². The van der Waals surface area contributed by atoms with Crippen molar-refractivity contribution >= 4 is 17.5 Å². The van der Waals surface area contributed by atoms with Gasteiger partial charge in [0.15, 0.2) is 0 Å². The summed E-state index contributed by atoms with van der Waals surface area (Å²) in [4.78, 5) is 26.0. The van der Waals surface area contributed by atoms with E-state index < -0.39 is 6.04 Å². The maximum Gasteiger partial charge on any atom is 0.243 e. The van der Waals surface area contributed by atoms with Gasteiger partial charge in [0.25, 0.3) is 0 Å². The van der Waals surface area contributed by atoms with Crippen molar-refractivity contribution in [1.29, 1.82) is 0 Å². The summed E-state index contributed by atoms with van der Waals surface area (Å²) in [6.07, 6.45) is 1.91. The zero-order valence-electron chi connectivity index (χ0n) is 11.5. The third-order valence-corrected chi connectivity index (χ3v) is 3.40. The van der Waals surface area contributed by atoms with Crippen molar-refractivity contribution in [1.82, 2.24) is 5.32 Å². The van der Waals surface area contributed by atoms with E-state index in [0.717, 1.165) is 17.7 Å². The van der Waals surface area contributed by atoms with Crippen molar-refractivity contribution in [2.24, 2.45) is 0 Å². The van der Waals surface area contributed by atoms with Crippen LogP contribution in [0.15, 0.2) is 24.3 Å². The first kappa shape index (κ1) is 13.6. The van der Waals surface area contributed by atoms with Gasteiger partial charge in [-0.1, -0.05) is 32.0 Å². The molecule has 102 valence electrons. The van der Waals surface area contributed by atoms with Gasteiger partial charge in [-0.15, -0.1) is 0 Å². The first-order valence-corrected chi connectivity index (χ1v) is 6.86. The number of fused-ring (bicyclic) bond motifs is 1. The lowest BCUT2D eigenvalue weighted by atomic mass is 10.1. The molecular formula is C15H20N2O2. The Morgan fingerprint density at radius 3 is 2.74 bits per heavy atom. The van der Waals surface area contributed by atoms with Gasteiger partial charge in [-0.2, -0.15) is 0 Å². The third kappa shape index (κ3) is 2.62. The first-order chi connectivity index (χ1) is 9.19. The minimum absolute atomic E-state index is 0.00148. The van der Waals surface area contributed by atoms with Gasteiger partial charge >= 0.3 is 0 Å². The number of rotatable bonds is 4. The highest BCUT2D eigenvalue weighted by atomic mass is 16.2. The van der Waals surface area contributed by atoms with Gasteiger partial charge in [0.05, 0.1) is 0 Å². The highest BCUT2D eigenvalue weighted by molar-refractivity contribution is 6.03. The normalized spacial score (nSPS) is 17.2. The third-order valence-electron chi connectivity index (χ3n) is 3.40. The van der Waals surface area contributed by atoms with Crippen LogP contribution in [0.1, 0.15) is 32.3 Å². The number of anilines is 1. The summed E-state index contributed by atoms with van der Waals surface area (Å²) in [6.45, 7) is 4.49. The fourth-order valence-corrected chi connectivity index (χ4v) is 2.44. The molecule has 0 saturated carbocycles. The highest BCUT2D eigenvalue weighted by Crippen LogP contribution is 2.32. The molecule has 4 nitrogen and oxygen atoms in total. The first-order valence-electron chi connectivity index (χ1n) is 6.86. The number of carbonyl (C=O) groups excluding carboxylic acids is 2. The number of hydrogen-bond acceptors (Lipinski definition) is 2. The van der Waals surface area contributed by atoms with Gasteiger partial charge in [-0.05, 0) is 18.1 Å². The molecule has 0 aliphatic carbocycles. The van der Waals surface area contributed by atoms with E-state index in [1.807, 2.05) is 38.1 Å². The second-order valence-corrected chi connectivity index (χ2v) is 4.76. The molecule has 2 rings (SSSR count). The van der Waals surface area contributed by atoms with Crippen molar-refractivity contribution in [3.63, 3.8) is 0 Å². The molecule has 4 heteroatoms. The lowest BCUT2D eigenvalue weighted by molar-refractivity contribution is -0.126. The van der Waals surface area contributed by atoms with E-state index in [2.05, 4.69) is 5.32 Å². The van der Waals surface area contributed by atoms with E-state index in [-0.39, 0.29) is 11.8 Å². The minimum Gasteiger partial charge on any atom is -0.354 e. The predicted molar refractivity (Wildman–Crippen MR) is 75.0 cm³/mol. The zero-order chi connectivity index (χ0) is 13.8. The van der Waals surface area contributed by atoms with Crippen LogP contribution in [0.2, 0.25) is 0 Å². The summed E-state index contributed by atoms with van der Waals surface area (Å²) in [5, 5.41) is 2.89. The predicted octanol–water partition coefficient (Wildman–Crippen LogP) is 1.88. The molecular weight excluding hydrogens is 240 g/mol. The summed E-state index contributed by atoms with van der Waals surface area (Å²) in [5.74, 6) is -0.0542. The molecule has 1 aliphatic heterocycles. The van der Waals surface area contributed by atoms with E-state index in [1.54, 1.807) is 4.90 Å². The maximum atomic E-state index is 12.2. The summed E-state index contributed by atoms with van der Waals surface area (Å²) >= 11 is 0. The van der Waals surface area contributed by atoms with Gasteiger partial charge in [0.2, 0.25) is 11.8 Å². The number of hydrogen-bond donors (Lipinski definition) is 1. The van der Waals surface area contributed by atoms with Crippen LogP contribution in [0.25, 0.3) is 0 Å². The van der Waals surface area contributed by atoms with Crippen molar-refractivity contribution in [2.75, 3.05) is 11.4 Å². The summed E-state index contributed by atoms with van der Waals surface area (Å²) < 4.78 is 0. The smallest absolute Gasteiger partial charge is 0.243 e. The number of nitrogens with one attached hydrogen (secondary N) is 1. The minimum atomic E-state index is -0.392. The van der Waals surface area contributed by atoms with Gasteiger partial charge < -0.3 is 5.32 Å². The second kappa shape index (κ2) is 5.87. The number of nitrogens with zero attached hydrogens (tertiary/aromatic N) is 1. The molecule has 0 aromatic heterocycles. The molecule has 1 atom stereocenters. The van der Waals surface area contributed by atoms with Crippen LogP contribution < -0.4 is 10.2 Å². The van der Waals surface area contributed by atoms with Crippen LogP contribution in [-0.4, -0.2) is 24.4 Å². The van der Waals surface area contributed by atoms with E-state index in [1.165, 1.54) is 0 Å². The Hall–Kier alpha value is -1.84. The number of amides is 2. The van der Waals surface area contributed by atoms with E-state index in [4.69, 9.17) is 0 Å². The van der Waals surface area contributed by atoms with Crippen molar-refractivity contribution in [3.8, 4) is 0 Å². The van der Waals surface area contributed by atoms with Gasteiger partial charge in [-0.3, -0.25) is 14.5 Å². The fraction of sp³-hybridized carbons (Fsp3) is 0.467. The maximum absolute atomic E-state index is 12.2. The van der Waals surface area contributed by atoms with Crippen LogP contribution in [0.3, 0.4) is 0 Å². The van der Waals surface area contributed by atoms with Crippen LogP contribution in [0.4, 0.5) is 5.69 Å². The highest BCUT2D eigenvalue weighted by Gasteiger charge is 2.37.